The molecule has 3 rings (SSSR count). The molecule has 6 nitrogen and oxygen atoms in total. The first-order valence-corrected chi connectivity index (χ1v) is 8.94. The fourth-order valence-corrected chi connectivity index (χ4v) is 2.92. The van der Waals surface area contributed by atoms with Crippen molar-refractivity contribution in [3.05, 3.63) is 42.2 Å². The van der Waals surface area contributed by atoms with Gasteiger partial charge in [-0.05, 0) is 43.9 Å². The molecule has 2 atom stereocenters. The first-order valence-electron chi connectivity index (χ1n) is 8.94. The van der Waals surface area contributed by atoms with Crippen molar-refractivity contribution in [3.8, 4) is 0 Å². The fourth-order valence-electron chi connectivity index (χ4n) is 2.92. The van der Waals surface area contributed by atoms with Gasteiger partial charge in [0.2, 0.25) is 5.91 Å². The monoisotopic (exact) mass is 342 g/mol. The number of nitrogens with zero attached hydrogens (tertiary/aromatic N) is 2. The Morgan fingerprint density at radius 2 is 2.16 bits per heavy atom. The lowest BCUT2D eigenvalue weighted by atomic mass is 10.1. The van der Waals surface area contributed by atoms with Crippen LogP contribution in [0.1, 0.15) is 32.3 Å². The Kier molecular flexibility index (Phi) is 5.71. The largest absolute Gasteiger partial charge is 0.376 e. The third-order valence-electron chi connectivity index (χ3n) is 4.45. The smallest absolute Gasteiger partial charge is 0.246 e. The first kappa shape index (κ1) is 17.5. The summed E-state index contributed by atoms with van der Waals surface area (Å²) in [6.07, 6.45) is 7.10. The van der Waals surface area contributed by atoms with Crippen LogP contribution in [-0.2, 0) is 22.5 Å². The number of aryl methyl sites for hydroxylation is 1. The normalized spacial score (nSPS) is 18.1. The third kappa shape index (κ3) is 4.82. The maximum Gasteiger partial charge on any atom is 0.246 e. The molecule has 1 aromatic heterocycles. The van der Waals surface area contributed by atoms with Crippen LogP contribution in [-0.4, -0.2) is 34.4 Å². The Morgan fingerprint density at radius 3 is 2.84 bits per heavy atom. The van der Waals surface area contributed by atoms with Crippen LogP contribution < -0.4 is 10.6 Å². The van der Waals surface area contributed by atoms with Crippen molar-refractivity contribution in [2.75, 3.05) is 17.2 Å². The van der Waals surface area contributed by atoms with Crippen LogP contribution >= 0.6 is 0 Å². The molecule has 1 aliphatic heterocycles. The summed E-state index contributed by atoms with van der Waals surface area (Å²) in [6, 6.07) is 7.57. The van der Waals surface area contributed by atoms with E-state index >= 15 is 0 Å². The minimum Gasteiger partial charge on any atom is -0.376 e. The van der Waals surface area contributed by atoms with Crippen molar-refractivity contribution < 1.29 is 9.53 Å². The highest BCUT2D eigenvalue weighted by atomic mass is 16.5. The van der Waals surface area contributed by atoms with Crippen molar-refractivity contribution in [1.29, 1.82) is 0 Å². The number of carbonyl (C=O) groups excluding carboxylic acids is 1. The molecule has 2 N–H and O–H groups in total. The van der Waals surface area contributed by atoms with E-state index in [-0.39, 0.29) is 18.1 Å². The number of benzene rings is 1. The first-order chi connectivity index (χ1) is 12.1. The molecule has 2 heterocycles. The SMILES string of the molecule is CCc1ccc(NC(=O)C(C)Nc2cnn(CC3CCCO3)c2)cc1. The van der Waals surface area contributed by atoms with Crippen molar-refractivity contribution >= 4 is 17.3 Å². The number of carbonyl (C=O) groups is 1. The zero-order chi connectivity index (χ0) is 17.6. The van der Waals surface area contributed by atoms with Gasteiger partial charge in [-0.2, -0.15) is 5.10 Å². The number of aromatic nitrogens is 2. The number of anilines is 2. The summed E-state index contributed by atoms with van der Waals surface area (Å²) in [6.45, 7) is 5.55. The van der Waals surface area contributed by atoms with Crippen LogP contribution in [0.15, 0.2) is 36.7 Å². The van der Waals surface area contributed by atoms with E-state index in [9.17, 15) is 4.79 Å². The standard InChI is InChI=1S/C19H26N4O2/c1-3-15-6-8-16(9-7-15)22-19(24)14(2)21-17-11-20-23(12-17)13-18-5-4-10-25-18/h6-9,11-12,14,18,21H,3-5,10,13H2,1-2H3,(H,22,24). The molecule has 1 aliphatic rings. The Bertz CT molecular complexity index is 690. The summed E-state index contributed by atoms with van der Waals surface area (Å²) in [5.74, 6) is -0.0730. The molecule has 0 radical (unpaired) electrons. The lowest BCUT2D eigenvalue weighted by Gasteiger charge is -2.14. The van der Waals surface area contributed by atoms with Crippen molar-refractivity contribution in [2.45, 2.75) is 51.8 Å². The van der Waals surface area contributed by atoms with Gasteiger partial charge in [0.05, 0.1) is 24.5 Å². The Labute approximate surface area is 148 Å². The maximum absolute atomic E-state index is 12.3. The second-order valence-corrected chi connectivity index (χ2v) is 6.49. The van der Waals surface area contributed by atoms with Crippen LogP contribution in [0.3, 0.4) is 0 Å². The van der Waals surface area contributed by atoms with Crippen molar-refractivity contribution in [1.82, 2.24) is 9.78 Å². The molecule has 0 spiro atoms. The lowest BCUT2D eigenvalue weighted by molar-refractivity contribution is -0.116. The molecule has 1 aromatic carbocycles. The van der Waals surface area contributed by atoms with E-state index in [4.69, 9.17) is 4.74 Å². The zero-order valence-electron chi connectivity index (χ0n) is 14.9. The van der Waals surface area contributed by atoms with Gasteiger partial charge in [0.25, 0.3) is 0 Å². The summed E-state index contributed by atoms with van der Waals surface area (Å²) in [5, 5.41) is 10.5. The summed E-state index contributed by atoms with van der Waals surface area (Å²) in [5.41, 5.74) is 2.90. The molecule has 1 fully saturated rings. The average molecular weight is 342 g/mol. The van der Waals surface area contributed by atoms with Gasteiger partial charge in [-0.25, -0.2) is 0 Å². The van der Waals surface area contributed by atoms with Gasteiger partial charge in [0.1, 0.15) is 6.04 Å². The highest BCUT2D eigenvalue weighted by Gasteiger charge is 2.17. The van der Waals surface area contributed by atoms with Crippen LogP contribution in [0.2, 0.25) is 0 Å². The fraction of sp³-hybridized carbons (Fsp3) is 0.474. The van der Waals surface area contributed by atoms with Gasteiger partial charge < -0.3 is 15.4 Å². The molecular weight excluding hydrogens is 316 g/mol. The van der Waals surface area contributed by atoms with Crippen molar-refractivity contribution in [3.63, 3.8) is 0 Å². The van der Waals surface area contributed by atoms with Gasteiger partial charge in [-0.1, -0.05) is 19.1 Å². The van der Waals surface area contributed by atoms with Crippen LogP contribution in [0.5, 0.6) is 0 Å². The minimum absolute atomic E-state index is 0.0730. The quantitative estimate of drug-likeness (QED) is 0.811. The Balaban J connectivity index is 1.51. The van der Waals surface area contributed by atoms with Gasteiger partial charge >= 0.3 is 0 Å². The predicted octanol–water partition coefficient (Wildman–Crippen LogP) is 3.06. The Hall–Kier alpha value is -2.34. The number of hydrogen-bond donors (Lipinski definition) is 2. The van der Waals surface area contributed by atoms with E-state index in [1.807, 2.05) is 42.1 Å². The zero-order valence-corrected chi connectivity index (χ0v) is 14.9. The van der Waals surface area contributed by atoms with E-state index in [0.29, 0.717) is 0 Å². The Morgan fingerprint density at radius 1 is 1.36 bits per heavy atom. The van der Waals surface area contributed by atoms with Crippen molar-refractivity contribution in [2.24, 2.45) is 0 Å². The van der Waals surface area contributed by atoms with Gasteiger partial charge in [0, 0.05) is 18.5 Å². The highest BCUT2D eigenvalue weighted by Crippen LogP contribution is 2.16. The lowest BCUT2D eigenvalue weighted by Crippen LogP contribution is -2.31. The number of amides is 1. The molecule has 2 aromatic rings. The molecule has 0 bridgehead atoms. The molecule has 0 aliphatic carbocycles. The van der Waals surface area contributed by atoms with Crippen LogP contribution in [0.4, 0.5) is 11.4 Å². The second kappa shape index (κ2) is 8.16. The van der Waals surface area contributed by atoms with E-state index in [1.165, 1.54) is 5.56 Å². The molecule has 2 unspecified atom stereocenters. The summed E-state index contributed by atoms with van der Waals surface area (Å²) < 4.78 is 7.49. The van der Waals surface area contributed by atoms with E-state index in [2.05, 4.69) is 22.7 Å². The van der Waals surface area contributed by atoms with Gasteiger partial charge in [-0.15, -0.1) is 0 Å². The molecular formula is C19H26N4O2. The van der Waals surface area contributed by atoms with Crippen LogP contribution in [0, 0.1) is 0 Å². The maximum atomic E-state index is 12.3. The summed E-state index contributed by atoms with van der Waals surface area (Å²) >= 11 is 0. The molecule has 6 heteroatoms. The predicted molar refractivity (Wildman–Crippen MR) is 98.7 cm³/mol. The van der Waals surface area contributed by atoms with Gasteiger partial charge in [0.15, 0.2) is 0 Å². The number of rotatable bonds is 7. The summed E-state index contributed by atoms with van der Waals surface area (Å²) in [7, 11) is 0. The van der Waals surface area contributed by atoms with Gasteiger partial charge in [-0.3, -0.25) is 9.48 Å². The number of nitrogens with one attached hydrogen (secondary N) is 2. The number of hydrogen-bond acceptors (Lipinski definition) is 4. The summed E-state index contributed by atoms with van der Waals surface area (Å²) in [4.78, 5) is 12.3. The molecule has 0 saturated carbocycles. The molecule has 1 saturated heterocycles. The molecule has 25 heavy (non-hydrogen) atoms. The highest BCUT2D eigenvalue weighted by molar-refractivity contribution is 5.96. The minimum atomic E-state index is -0.355. The molecule has 134 valence electrons. The van der Waals surface area contributed by atoms with E-state index in [1.54, 1.807) is 6.20 Å². The second-order valence-electron chi connectivity index (χ2n) is 6.49. The van der Waals surface area contributed by atoms with E-state index in [0.717, 1.165) is 43.8 Å². The molecule has 1 amide bonds. The van der Waals surface area contributed by atoms with Crippen LogP contribution in [0.25, 0.3) is 0 Å². The third-order valence-corrected chi connectivity index (χ3v) is 4.45. The topological polar surface area (TPSA) is 68.2 Å². The number of ether oxygens (including phenoxy) is 1. The average Bonchev–Trinajstić information content (AvgIpc) is 3.28. The van der Waals surface area contributed by atoms with E-state index < -0.39 is 0 Å².